The predicted molar refractivity (Wildman–Crippen MR) is 69.6 cm³/mol. The van der Waals surface area contributed by atoms with E-state index in [-0.39, 0.29) is 12.3 Å². The summed E-state index contributed by atoms with van der Waals surface area (Å²) in [6.45, 7) is 0. The molecule has 0 aliphatic rings. The molecule has 4 heteroatoms. The van der Waals surface area contributed by atoms with Gasteiger partial charge in [0.1, 0.15) is 5.15 Å². The Morgan fingerprint density at radius 2 is 2.06 bits per heavy atom. The van der Waals surface area contributed by atoms with Gasteiger partial charge in [-0.3, -0.25) is 4.79 Å². The number of rotatable bonds is 3. The zero-order valence-corrected chi connectivity index (χ0v) is 9.82. The maximum atomic E-state index is 10.6. The van der Waals surface area contributed by atoms with Crippen LogP contribution in [0.15, 0.2) is 36.5 Å². The smallest absolute Gasteiger partial charge is 0.221 e. The van der Waals surface area contributed by atoms with Crippen molar-refractivity contribution in [3.63, 3.8) is 0 Å². The van der Waals surface area contributed by atoms with E-state index in [9.17, 15) is 4.79 Å². The van der Waals surface area contributed by atoms with Crippen molar-refractivity contribution in [1.82, 2.24) is 4.98 Å². The fourth-order valence-corrected chi connectivity index (χ4v) is 1.83. The molecule has 2 aromatic rings. The van der Waals surface area contributed by atoms with Gasteiger partial charge in [-0.2, -0.15) is 0 Å². The van der Waals surface area contributed by atoms with E-state index in [4.69, 9.17) is 17.3 Å². The molecule has 0 unspecified atom stereocenters. The summed E-state index contributed by atoms with van der Waals surface area (Å²) in [7, 11) is 0. The van der Waals surface area contributed by atoms with Crippen LogP contribution < -0.4 is 5.73 Å². The molecule has 0 saturated heterocycles. The average molecular weight is 247 g/mol. The van der Waals surface area contributed by atoms with Gasteiger partial charge < -0.3 is 5.73 Å². The molecule has 1 aromatic heterocycles. The first kappa shape index (κ1) is 11.6. The lowest BCUT2D eigenvalue weighted by Gasteiger charge is -2.03. The highest BCUT2D eigenvalue weighted by Gasteiger charge is 2.02. The largest absolute Gasteiger partial charge is 0.369 e. The Hall–Kier alpha value is -1.87. The zero-order valence-electron chi connectivity index (χ0n) is 9.06. The minimum absolute atomic E-state index is 0.219. The van der Waals surface area contributed by atoms with Gasteiger partial charge in [-0.25, -0.2) is 4.98 Å². The molecule has 2 rings (SSSR count). The lowest BCUT2D eigenvalue weighted by atomic mass is 10.1. The van der Waals surface area contributed by atoms with Gasteiger partial charge in [-0.1, -0.05) is 48.0 Å². The fraction of sp³-hybridized carbons (Fsp3) is 0.0769. The van der Waals surface area contributed by atoms with Gasteiger partial charge in [-0.15, -0.1) is 0 Å². The predicted octanol–water partition coefficient (Wildman–Crippen LogP) is 2.78. The molecule has 0 saturated carbocycles. The van der Waals surface area contributed by atoms with Crippen LogP contribution in [0.5, 0.6) is 0 Å². The van der Waals surface area contributed by atoms with Crippen LogP contribution in [0.3, 0.4) is 0 Å². The lowest BCUT2D eigenvalue weighted by molar-refractivity contribution is -0.117. The normalized spacial score (nSPS) is 11.1. The quantitative estimate of drug-likeness (QED) is 0.847. The second-order valence-electron chi connectivity index (χ2n) is 3.62. The number of amides is 1. The lowest BCUT2D eigenvalue weighted by Crippen LogP contribution is -2.07. The number of benzene rings is 1. The molecule has 0 fully saturated rings. The van der Waals surface area contributed by atoms with Crippen LogP contribution >= 0.6 is 11.6 Å². The van der Waals surface area contributed by atoms with E-state index in [0.29, 0.717) is 5.15 Å². The van der Waals surface area contributed by atoms with Gasteiger partial charge in [0, 0.05) is 23.6 Å². The third kappa shape index (κ3) is 2.63. The number of primary amides is 1. The average Bonchev–Trinajstić information content (AvgIpc) is 2.32. The highest BCUT2D eigenvalue weighted by Crippen LogP contribution is 2.24. The molecule has 0 spiro atoms. The SMILES string of the molecule is NC(=O)CC=Cc1cnc(Cl)c2ccccc12. The van der Waals surface area contributed by atoms with Gasteiger partial charge in [0.2, 0.25) is 5.91 Å². The summed E-state index contributed by atoms with van der Waals surface area (Å²) in [6.07, 6.45) is 5.45. The van der Waals surface area contributed by atoms with Gasteiger partial charge in [-0.05, 0) is 5.39 Å². The summed E-state index contributed by atoms with van der Waals surface area (Å²) < 4.78 is 0. The van der Waals surface area contributed by atoms with E-state index >= 15 is 0 Å². The Labute approximate surface area is 104 Å². The summed E-state index contributed by atoms with van der Waals surface area (Å²) in [4.78, 5) is 14.7. The molecule has 3 nitrogen and oxygen atoms in total. The van der Waals surface area contributed by atoms with Gasteiger partial charge in [0.25, 0.3) is 0 Å². The molecule has 2 N–H and O–H groups in total. The van der Waals surface area contributed by atoms with E-state index in [0.717, 1.165) is 16.3 Å². The molecule has 0 atom stereocenters. The maximum Gasteiger partial charge on any atom is 0.221 e. The van der Waals surface area contributed by atoms with Crippen LogP contribution in [-0.2, 0) is 4.79 Å². The number of nitrogens with two attached hydrogens (primary N) is 1. The number of nitrogens with zero attached hydrogens (tertiary/aromatic N) is 1. The third-order valence-corrected chi connectivity index (χ3v) is 2.69. The minimum atomic E-state index is -0.354. The Balaban J connectivity index is 2.45. The molecular weight excluding hydrogens is 236 g/mol. The second-order valence-corrected chi connectivity index (χ2v) is 3.98. The van der Waals surface area contributed by atoms with Crippen molar-refractivity contribution in [3.05, 3.63) is 47.3 Å². The molecule has 1 heterocycles. The fourth-order valence-electron chi connectivity index (χ4n) is 1.61. The van der Waals surface area contributed by atoms with E-state index < -0.39 is 0 Å². The Bertz CT molecular complexity index is 593. The number of hydrogen-bond acceptors (Lipinski definition) is 2. The number of carbonyl (C=O) groups is 1. The van der Waals surface area contributed by atoms with Crippen LogP contribution in [0.25, 0.3) is 16.8 Å². The monoisotopic (exact) mass is 246 g/mol. The molecule has 86 valence electrons. The number of aromatic nitrogens is 1. The summed E-state index contributed by atoms with van der Waals surface area (Å²) in [5.41, 5.74) is 5.99. The standard InChI is InChI=1S/C13H11ClN2O/c14-13-11-6-2-1-5-10(11)9(8-16-13)4-3-7-12(15)17/h1-6,8H,7H2,(H2,15,17). The first-order chi connectivity index (χ1) is 8.18. The topological polar surface area (TPSA) is 56.0 Å². The van der Waals surface area contributed by atoms with Gasteiger partial charge in [0.15, 0.2) is 0 Å². The van der Waals surface area contributed by atoms with Crippen molar-refractivity contribution in [2.45, 2.75) is 6.42 Å². The first-order valence-electron chi connectivity index (χ1n) is 5.16. The molecule has 17 heavy (non-hydrogen) atoms. The highest BCUT2D eigenvalue weighted by atomic mass is 35.5. The van der Waals surface area contributed by atoms with Crippen LogP contribution in [0.2, 0.25) is 5.15 Å². The second kappa shape index (κ2) is 4.97. The number of hydrogen-bond donors (Lipinski definition) is 1. The molecular formula is C13H11ClN2O. The summed E-state index contributed by atoms with van der Waals surface area (Å²) >= 11 is 6.00. The first-order valence-corrected chi connectivity index (χ1v) is 5.54. The summed E-state index contributed by atoms with van der Waals surface area (Å²) in [5, 5.41) is 2.39. The highest BCUT2D eigenvalue weighted by molar-refractivity contribution is 6.34. The van der Waals surface area contributed by atoms with E-state index in [1.54, 1.807) is 12.3 Å². The Morgan fingerprint density at radius 1 is 1.35 bits per heavy atom. The summed E-state index contributed by atoms with van der Waals surface area (Å²) in [6, 6.07) is 7.72. The van der Waals surface area contributed by atoms with Crippen molar-refractivity contribution < 1.29 is 4.79 Å². The van der Waals surface area contributed by atoms with Crippen molar-refractivity contribution in [1.29, 1.82) is 0 Å². The van der Waals surface area contributed by atoms with Crippen LogP contribution in [0.1, 0.15) is 12.0 Å². The van der Waals surface area contributed by atoms with E-state index in [2.05, 4.69) is 4.98 Å². The van der Waals surface area contributed by atoms with Crippen LogP contribution in [0, 0.1) is 0 Å². The van der Waals surface area contributed by atoms with Gasteiger partial charge >= 0.3 is 0 Å². The molecule has 0 radical (unpaired) electrons. The van der Waals surface area contributed by atoms with Crippen molar-refractivity contribution in [3.8, 4) is 0 Å². The van der Waals surface area contributed by atoms with Crippen LogP contribution in [-0.4, -0.2) is 10.9 Å². The zero-order chi connectivity index (χ0) is 12.3. The van der Waals surface area contributed by atoms with Gasteiger partial charge in [0.05, 0.1) is 0 Å². The maximum absolute atomic E-state index is 10.6. The summed E-state index contributed by atoms with van der Waals surface area (Å²) in [5.74, 6) is -0.354. The Morgan fingerprint density at radius 3 is 2.76 bits per heavy atom. The van der Waals surface area contributed by atoms with E-state index in [1.807, 2.05) is 30.3 Å². The molecule has 1 amide bonds. The minimum Gasteiger partial charge on any atom is -0.369 e. The number of fused-ring (bicyclic) bond motifs is 1. The number of pyridine rings is 1. The molecule has 0 aliphatic heterocycles. The van der Waals surface area contributed by atoms with Crippen molar-refractivity contribution in [2.75, 3.05) is 0 Å². The number of carbonyl (C=O) groups excluding carboxylic acids is 1. The molecule has 1 aromatic carbocycles. The van der Waals surface area contributed by atoms with Crippen LogP contribution in [0.4, 0.5) is 0 Å². The molecule has 0 bridgehead atoms. The Kier molecular flexibility index (Phi) is 3.40. The molecule has 0 aliphatic carbocycles. The third-order valence-electron chi connectivity index (χ3n) is 2.39. The van der Waals surface area contributed by atoms with Crippen molar-refractivity contribution >= 4 is 34.4 Å². The van der Waals surface area contributed by atoms with E-state index in [1.165, 1.54) is 0 Å². The van der Waals surface area contributed by atoms with Crippen molar-refractivity contribution in [2.24, 2.45) is 5.73 Å². The number of halogens is 1.